The fraction of sp³-hybridized carbons (Fsp3) is 0.389. The highest BCUT2D eigenvalue weighted by Gasteiger charge is 2.23. The number of hydrogen-bond donors (Lipinski definition) is 0. The average molecular weight is 329 g/mol. The third-order valence-corrected chi connectivity index (χ3v) is 4.31. The lowest BCUT2D eigenvalue weighted by Crippen LogP contribution is -2.39. The van der Waals surface area contributed by atoms with E-state index in [0.717, 1.165) is 25.9 Å². The maximum Gasteiger partial charge on any atom is 0.254 e. The average Bonchev–Trinajstić information content (AvgIpc) is 3.07. The van der Waals surface area contributed by atoms with Crippen LogP contribution in [-0.2, 0) is 4.79 Å². The number of benzene rings is 1. The first-order valence-corrected chi connectivity index (χ1v) is 8.06. The van der Waals surface area contributed by atoms with Crippen molar-refractivity contribution >= 4 is 22.7 Å². The SMILES string of the molecule is Cc1cc(C(=O)N(C)CC(=O)N2CCCC2)c2ccc(F)cc2n1. The van der Waals surface area contributed by atoms with Gasteiger partial charge in [-0.3, -0.25) is 14.6 Å². The molecular weight excluding hydrogens is 309 g/mol. The first-order chi connectivity index (χ1) is 11.5. The number of pyridine rings is 1. The molecule has 6 heteroatoms. The molecule has 2 heterocycles. The Bertz CT molecular complexity index is 795. The van der Waals surface area contributed by atoms with E-state index in [1.54, 1.807) is 31.0 Å². The van der Waals surface area contributed by atoms with Gasteiger partial charge >= 0.3 is 0 Å². The maximum atomic E-state index is 13.4. The Morgan fingerprint density at radius 3 is 2.67 bits per heavy atom. The molecule has 5 nitrogen and oxygen atoms in total. The Labute approximate surface area is 140 Å². The lowest BCUT2D eigenvalue weighted by atomic mass is 10.1. The van der Waals surface area contributed by atoms with E-state index in [2.05, 4.69) is 4.98 Å². The smallest absolute Gasteiger partial charge is 0.254 e. The zero-order valence-electron chi connectivity index (χ0n) is 13.9. The monoisotopic (exact) mass is 329 g/mol. The quantitative estimate of drug-likeness (QED) is 0.869. The molecule has 2 aromatic rings. The van der Waals surface area contributed by atoms with E-state index >= 15 is 0 Å². The van der Waals surface area contributed by atoms with Crippen LogP contribution >= 0.6 is 0 Å². The molecule has 0 radical (unpaired) electrons. The number of aryl methyl sites for hydroxylation is 1. The number of hydrogen-bond acceptors (Lipinski definition) is 3. The number of carbonyl (C=O) groups is 2. The summed E-state index contributed by atoms with van der Waals surface area (Å²) in [6.07, 6.45) is 2.03. The van der Waals surface area contributed by atoms with Gasteiger partial charge in [-0.2, -0.15) is 0 Å². The molecule has 1 aliphatic rings. The van der Waals surface area contributed by atoms with Gasteiger partial charge in [0.15, 0.2) is 0 Å². The van der Waals surface area contributed by atoms with Gasteiger partial charge in [0.25, 0.3) is 5.91 Å². The molecule has 0 saturated carbocycles. The molecule has 1 saturated heterocycles. The van der Waals surface area contributed by atoms with Crippen LogP contribution in [0.3, 0.4) is 0 Å². The minimum Gasteiger partial charge on any atom is -0.341 e. The van der Waals surface area contributed by atoms with Crippen molar-refractivity contribution in [2.24, 2.45) is 0 Å². The van der Waals surface area contributed by atoms with Crippen molar-refractivity contribution in [1.29, 1.82) is 0 Å². The summed E-state index contributed by atoms with van der Waals surface area (Å²) in [5.41, 5.74) is 1.52. The second kappa shape index (κ2) is 6.55. The highest BCUT2D eigenvalue weighted by Crippen LogP contribution is 2.21. The molecule has 0 unspecified atom stereocenters. The molecule has 0 bridgehead atoms. The number of aromatic nitrogens is 1. The minimum atomic E-state index is -0.392. The summed E-state index contributed by atoms with van der Waals surface area (Å²) in [5.74, 6) is -0.689. The Morgan fingerprint density at radius 1 is 1.25 bits per heavy atom. The summed E-state index contributed by atoms with van der Waals surface area (Å²) < 4.78 is 13.4. The molecule has 3 rings (SSSR count). The topological polar surface area (TPSA) is 53.5 Å². The molecule has 2 amide bonds. The molecule has 0 spiro atoms. The van der Waals surface area contributed by atoms with E-state index in [4.69, 9.17) is 0 Å². The number of likely N-dealkylation sites (tertiary alicyclic amines) is 1. The molecule has 1 aliphatic heterocycles. The molecular formula is C18H20FN3O2. The number of carbonyl (C=O) groups excluding carboxylic acids is 2. The van der Waals surface area contributed by atoms with Gasteiger partial charge in [0, 0.05) is 37.3 Å². The number of fused-ring (bicyclic) bond motifs is 1. The van der Waals surface area contributed by atoms with Crippen LogP contribution in [0.1, 0.15) is 28.9 Å². The largest absolute Gasteiger partial charge is 0.341 e. The van der Waals surface area contributed by atoms with Gasteiger partial charge in [-0.15, -0.1) is 0 Å². The Morgan fingerprint density at radius 2 is 1.96 bits per heavy atom. The van der Waals surface area contributed by atoms with Crippen LogP contribution in [0, 0.1) is 12.7 Å². The van der Waals surface area contributed by atoms with Crippen molar-refractivity contribution in [1.82, 2.24) is 14.8 Å². The van der Waals surface area contributed by atoms with Gasteiger partial charge in [-0.05, 0) is 38.0 Å². The van der Waals surface area contributed by atoms with Crippen molar-refractivity contribution in [2.75, 3.05) is 26.7 Å². The number of halogens is 1. The minimum absolute atomic E-state index is 0.0375. The third-order valence-electron chi connectivity index (χ3n) is 4.31. The van der Waals surface area contributed by atoms with Crippen LogP contribution < -0.4 is 0 Å². The van der Waals surface area contributed by atoms with E-state index < -0.39 is 5.82 Å². The van der Waals surface area contributed by atoms with Gasteiger partial charge < -0.3 is 9.80 Å². The number of likely N-dealkylation sites (N-methyl/N-ethyl adjacent to an activating group) is 1. The first kappa shape index (κ1) is 16.4. The van der Waals surface area contributed by atoms with Crippen molar-refractivity contribution in [2.45, 2.75) is 19.8 Å². The summed E-state index contributed by atoms with van der Waals surface area (Å²) in [5, 5.41) is 0.590. The van der Waals surface area contributed by atoms with E-state index in [0.29, 0.717) is 22.2 Å². The third kappa shape index (κ3) is 3.22. The van der Waals surface area contributed by atoms with Crippen LogP contribution in [-0.4, -0.2) is 53.3 Å². The van der Waals surface area contributed by atoms with Crippen LogP contribution in [0.15, 0.2) is 24.3 Å². The molecule has 1 aromatic heterocycles. The Hall–Kier alpha value is -2.50. The number of amides is 2. The highest BCUT2D eigenvalue weighted by atomic mass is 19.1. The fourth-order valence-corrected chi connectivity index (χ4v) is 3.06. The molecule has 0 N–H and O–H groups in total. The van der Waals surface area contributed by atoms with Crippen LogP contribution in [0.2, 0.25) is 0 Å². The molecule has 126 valence electrons. The van der Waals surface area contributed by atoms with Crippen molar-refractivity contribution in [3.63, 3.8) is 0 Å². The van der Waals surface area contributed by atoms with E-state index in [-0.39, 0.29) is 18.4 Å². The van der Waals surface area contributed by atoms with Crippen LogP contribution in [0.4, 0.5) is 4.39 Å². The van der Waals surface area contributed by atoms with Crippen LogP contribution in [0.25, 0.3) is 10.9 Å². The zero-order valence-corrected chi connectivity index (χ0v) is 13.9. The molecule has 1 aromatic carbocycles. The van der Waals surface area contributed by atoms with Crippen molar-refractivity contribution < 1.29 is 14.0 Å². The highest BCUT2D eigenvalue weighted by molar-refractivity contribution is 6.07. The van der Waals surface area contributed by atoms with Gasteiger partial charge in [0.2, 0.25) is 5.91 Å². The molecule has 24 heavy (non-hydrogen) atoms. The summed E-state index contributed by atoms with van der Waals surface area (Å²) in [7, 11) is 1.61. The van der Waals surface area contributed by atoms with E-state index in [9.17, 15) is 14.0 Å². The predicted octanol–water partition coefficient (Wildman–Crippen LogP) is 2.38. The van der Waals surface area contributed by atoms with E-state index in [1.807, 2.05) is 0 Å². The Balaban J connectivity index is 1.86. The van der Waals surface area contributed by atoms with Gasteiger partial charge in [-0.25, -0.2) is 4.39 Å². The normalized spacial score (nSPS) is 14.2. The maximum absolute atomic E-state index is 13.4. The number of rotatable bonds is 3. The molecule has 0 aliphatic carbocycles. The lowest BCUT2D eigenvalue weighted by molar-refractivity contribution is -0.130. The second-order valence-corrected chi connectivity index (χ2v) is 6.22. The van der Waals surface area contributed by atoms with Crippen molar-refractivity contribution in [3.8, 4) is 0 Å². The van der Waals surface area contributed by atoms with Gasteiger partial charge in [0.1, 0.15) is 5.82 Å². The lowest BCUT2D eigenvalue weighted by Gasteiger charge is -2.22. The first-order valence-electron chi connectivity index (χ1n) is 8.06. The van der Waals surface area contributed by atoms with E-state index in [1.165, 1.54) is 17.0 Å². The van der Waals surface area contributed by atoms with Gasteiger partial charge in [0.05, 0.1) is 17.6 Å². The zero-order chi connectivity index (χ0) is 17.3. The number of nitrogens with zero attached hydrogens (tertiary/aromatic N) is 3. The fourth-order valence-electron chi connectivity index (χ4n) is 3.06. The van der Waals surface area contributed by atoms with Gasteiger partial charge in [-0.1, -0.05) is 0 Å². The molecule has 0 atom stereocenters. The van der Waals surface area contributed by atoms with Crippen LogP contribution in [0.5, 0.6) is 0 Å². The standard InChI is InChI=1S/C18H20FN3O2/c1-12-9-15(14-6-5-13(19)10-16(14)20-12)18(24)21(2)11-17(23)22-7-3-4-8-22/h5-6,9-10H,3-4,7-8,11H2,1-2H3. The summed E-state index contributed by atoms with van der Waals surface area (Å²) in [4.78, 5) is 32.5. The second-order valence-electron chi connectivity index (χ2n) is 6.22. The summed E-state index contributed by atoms with van der Waals surface area (Å²) in [6, 6.07) is 5.86. The van der Waals surface area contributed by atoms with Crippen molar-refractivity contribution in [3.05, 3.63) is 41.3 Å². The molecule has 1 fully saturated rings. The Kier molecular flexibility index (Phi) is 4.46. The summed E-state index contributed by atoms with van der Waals surface area (Å²) >= 11 is 0. The summed E-state index contributed by atoms with van der Waals surface area (Å²) in [6.45, 7) is 3.33. The predicted molar refractivity (Wildman–Crippen MR) is 89.2 cm³/mol.